The Kier molecular flexibility index (Phi) is 8.10. The summed E-state index contributed by atoms with van der Waals surface area (Å²) in [5.41, 5.74) is 4.04. The molecule has 0 bridgehead atoms. The number of carboxylic acids is 1. The maximum absolute atomic E-state index is 10.6. The van der Waals surface area contributed by atoms with E-state index in [1.807, 2.05) is 30.3 Å². The van der Waals surface area contributed by atoms with Gasteiger partial charge in [0, 0.05) is 29.2 Å². The highest BCUT2D eigenvalue weighted by Crippen LogP contribution is 2.34. The minimum Gasteiger partial charge on any atom is -0.495 e. The molecular weight excluding hydrogens is 461 g/mol. The number of nitrogens with zero attached hydrogens (tertiary/aromatic N) is 1. The van der Waals surface area contributed by atoms with Crippen molar-refractivity contribution < 1.29 is 32.5 Å². The molecule has 1 aliphatic rings. The van der Waals surface area contributed by atoms with Crippen LogP contribution in [0.3, 0.4) is 0 Å². The lowest BCUT2D eigenvalue weighted by Crippen LogP contribution is -2.25. The minimum absolute atomic E-state index is 0.665. The number of hydrogen-bond donors (Lipinski definition) is 2. The predicted octanol–water partition coefficient (Wildman–Crippen LogP) is 5.05. The standard InChI is InChI=1S/C21H23ClN2O2.C2HF3O2/c1-25-20-5-2-4-18-17-10-11-23-14-19(17)24(21(18)20)12-3-13-26-16-8-6-15(22)7-9-16;3-2(4,5)1(6)7/h2,4-9,23H,3,10-14H2,1H3;(H,6,7). The molecule has 1 aromatic heterocycles. The molecule has 6 nitrogen and oxygen atoms in total. The number of para-hydroxylation sites is 1. The first-order chi connectivity index (χ1) is 15.7. The third-order valence-electron chi connectivity index (χ3n) is 5.18. The molecule has 0 saturated heterocycles. The SMILES string of the molecule is COc1cccc2c3c(n(CCCOc4ccc(Cl)cc4)c12)CNCC3.O=C(O)C(F)(F)F. The number of nitrogens with one attached hydrogen (secondary N) is 1. The zero-order valence-corrected chi connectivity index (χ0v) is 18.7. The van der Waals surface area contributed by atoms with Crippen molar-refractivity contribution in [1.29, 1.82) is 0 Å². The van der Waals surface area contributed by atoms with Gasteiger partial charge in [-0.3, -0.25) is 0 Å². The molecule has 1 aliphatic heterocycles. The lowest BCUT2D eigenvalue weighted by molar-refractivity contribution is -0.192. The van der Waals surface area contributed by atoms with Crippen LogP contribution in [-0.4, -0.2) is 42.1 Å². The molecule has 0 aliphatic carbocycles. The number of benzene rings is 2. The average molecular weight is 485 g/mol. The Balaban J connectivity index is 0.000000383. The highest BCUT2D eigenvalue weighted by Gasteiger charge is 2.38. The Labute approximate surface area is 193 Å². The van der Waals surface area contributed by atoms with Gasteiger partial charge in [-0.25, -0.2) is 4.79 Å². The molecule has 4 rings (SSSR count). The van der Waals surface area contributed by atoms with Crippen molar-refractivity contribution in [3.05, 3.63) is 58.7 Å². The monoisotopic (exact) mass is 484 g/mol. The summed E-state index contributed by atoms with van der Waals surface area (Å²) >= 11 is 5.92. The van der Waals surface area contributed by atoms with Crippen LogP contribution in [-0.2, 0) is 24.3 Å². The number of fused-ring (bicyclic) bond motifs is 3. The van der Waals surface area contributed by atoms with Gasteiger partial charge >= 0.3 is 12.1 Å². The van der Waals surface area contributed by atoms with Gasteiger partial charge in [0.15, 0.2) is 0 Å². The second-order valence-electron chi connectivity index (χ2n) is 7.32. The van der Waals surface area contributed by atoms with Gasteiger partial charge in [-0.05, 0) is 55.3 Å². The number of ether oxygens (including phenoxy) is 2. The maximum Gasteiger partial charge on any atom is 0.490 e. The van der Waals surface area contributed by atoms with Gasteiger partial charge in [0.25, 0.3) is 0 Å². The molecule has 0 atom stereocenters. The number of hydrogen-bond acceptors (Lipinski definition) is 4. The second-order valence-corrected chi connectivity index (χ2v) is 7.76. The third kappa shape index (κ3) is 6.11. The molecule has 178 valence electrons. The summed E-state index contributed by atoms with van der Waals surface area (Å²) in [6.45, 7) is 3.51. The van der Waals surface area contributed by atoms with Crippen molar-refractivity contribution in [2.24, 2.45) is 0 Å². The van der Waals surface area contributed by atoms with E-state index in [0.717, 1.165) is 49.0 Å². The first-order valence-electron chi connectivity index (χ1n) is 10.3. The average Bonchev–Trinajstić information content (AvgIpc) is 3.12. The zero-order valence-electron chi connectivity index (χ0n) is 17.9. The molecule has 0 fully saturated rings. The minimum atomic E-state index is -5.08. The van der Waals surface area contributed by atoms with Crippen molar-refractivity contribution in [2.75, 3.05) is 20.3 Å². The molecule has 2 N–H and O–H groups in total. The number of carboxylic acid groups (broad SMARTS) is 1. The number of alkyl halides is 3. The molecular formula is C23H24ClF3N2O4. The highest BCUT2D eigenvalue weighted by atomic mass is 35.5. The van der Waals surface area contributed by atoms with Crippen molar-refractivity contribution in [1.82, 2.24) is 9.88 Å². The summed E-state index contributed by atoms with van der Waals surface area (Å²) in [5.74, 6) is -0.962. The maximum atomic E-state index is 10.6. The topological polar surface area (TPSA) is 72.7 Å². The predicted molar refractivity (Wildman–Crippen MR) is 119 cm³/mol. The molecule has 3 aromatic rings. The van der Waals surface area contributed by atoms with Gasteiger partial charge in [-0.15, -0.1) is 0 Å². The fourth-order valence-corrected chi connectivity index (χ4v) is 3.88. The van der Waals surface area contributed by atoms with Gasteiger partial charge < -0.3 is 24.5 Å². The summed E-state index contributed by atoms with van der Waals surface area (Å²) in [6, 6.07) is 13.8. The summed E-state index contributed by atoms with van der Waals surface area (Å²) < 4.78 is 45.6. The van der Waals surface area contributed by atoms with Crippen LogP contribution < -0.4 is 14.8 Å². The van der Waals surface area contributed by atoms with Crippen LogP contribution in [0.5, 0.6) is 11.5 Å². The van der Waals surface area contributed by atoms with Crippen LogP contribution in [0.2, 0.25) is 5.02 Å². The Hall–Kier alpha value is -2.91. The van der Waals surface area contributed by atoms with E-state index in [0.29, 0.717) is 6.61 Å². The number of carbonyl (C=O) groups is 1. The van der Waals surface area contributed by atoms with Crippen molar-refractivity contribution in [2.45, 2.75) is 32.1 Å². The van der Waals surface area contributed by atoms with E-state index in [1.54, 1.807) is 7.11 Å². The number of aliphatic carboxylic acids is 1. The summed E-state index contributed by atoms with van der Waals surface area (Å²) in [7, 11) is 1.74. The lowest BCUT2D eigenvalue weighted by atomic mass is 10.0. The number of halogens is 4. The number of methoxy groups -OCH3 is 1. The first-order valence-corrected chi connectivity index (χ1v) is 10.7. The second kappa shape index (κ2) is 10.8. The van der Waals surface area contributed by atoms with E-state index in [4.69, 9.17) is 31.0 Å². The molecule has 0 unspecified atom stereocenters. The molecule has 10 heteroatoms. The fourth-order valence-electron chi connectivity index (χ4n) is 3.75. The van der Waals surface area contributed by atoms with Crippen LogP contribution in [0.15, 0.2) is 42.5 Å². The van der Waals surface area contributed by atoms with E-state index >= 15 is 0 Å². The molecule has 0 spiro atoms. The molecule has 33 heavy (non-hydrogen) atoms. The lowest BCUT2D eigenvalue weighted by Gasteiger charge is -2.17. The highest BCUT2D eigenvalue weighted by molar-refractivity contribution is 6.30. The molecule has 2 aromatic carbocycles. The third-order valence-corrected chi connectivity index (χ3v) is 5.44. The molecule has 2 heterocycles. The van der Waals surface area contributed by atoms with E-state index in [-0.39, 0.29) is 0 Å². The van der Waals surface area contributed by atoms with Crippen LogP contribution in [0.1, 0.15) is 17.7 Å². The molecule has 0 radical (unpaired) electrons. The Morgan fingerprint density at radius 2 is 1.91 bits per heavy atom. The Morgan fingerprint density at radius 3 is 2.55 bits per heavy atom. The molecule has 0 amide bonds. The number of aryl methyl sites for hydroxylation is 1. The zero-order chi connectivity index (χ0) is 24.0. The summed E-state index contributed by atoms with van der Waals surface area (Å²) in [4.78, 5) is 8.90. The van der Waals surface area contributed by atoms with Crippen LogP contribution in [0.25, 0.3) is 10.9 Å². The van der Waals surface area contributed by atoms with Crippen LogP contribution in [0.4, 0.5) is 13.2 Å². The largest absolute Gasteiger partial charge is 0.495 e. The van der Waals surface area contributed by atoms with Crippen LogP contribution >= 0.6 is 11.6 Å². The van der Waals surface area contributed by atoms with Gasteiger partial charge in [-0.1, -0.05) is 23.7 Å². The van der Waals surface area contributed by atoms with Gasteiger partial charge in [0.2, 0.25) is 0 Å². The summed E-state index contributed by atoms with van der Waals surface area (Å²) in [6.07, 6.45) is -3.09. The number of rotatable bonds is 6. The van der Waals surface area contributed by atoms with E-state index in [9.17, 15) is 13.2 Å². The van der Waals surface area contributed by atoms with Crippen molar-refractivity contribution in [3.63, 3.8) is 0 Å². The number of aromatic nitrogens is 1. The smallest absolute Gasteiger partial charge is 0.490 e. The van der Waals surface area contributed by atoms with E-state index < -0.39 is 12.1 Å². The van der Waals surface area contributed by atoms with Gasteiger partial charge in [-0.2, -0.15) is 13.2 Å². The van der Waals surface area contributed by atoms with Crippen molar-refractivity contribution in [3.8, 4) is 11.5 Å². The van der Waals surface area contributed by atoms with Crippen molar-refractivity contribution >= 4 is 28.5 Å². The van der Waals surface area contributed by atoms with E-state index in [2.05, 4.69) is 22.0 Å². The normalized spacial score (nSPS) is 13.1. The summed E-state index contributed by atoms with van der Waals surface area (Å²) in [5, 5.41) is 12.7. The van der Waals surface area contributed by atoms with E-state index in [1.165, 1.54) is 22.2 Å². The van der Waals surface area contributed by atoms with Gasteiger partial charge in [0.1, 0.15) is 11.5 Å². The molecule has 0 saturated carbocycles. The Morgan fingerprint density at radius 1 is 1.21 bits per heavy atom. The Bertz CT molecular complexity index is 1100. The van der Waals surface area contributed by atoms with Crippen LogP contribution in [0, 0.1) is 0 Å². The van der Waals surface area contributed by atoms with Gasteiger partial charge in [0.05, 0.1) is 19.2 Å². The first kappa shape index (κ1) is 24.7. The fraction of sp³-hybridized carbons (Fsp3) is 0.348. The quantitative estimate of drug-likeness (QED) is 0.479.